The summed E-state index contributed by atoms with van der Waals surface area (Å²) in [6, 6.07) is 3.49. The minimum Gasteiger partial charge on any atom is -0.508 e. The fraction of sp³-hybridized carbons (Fsp3) is 0.429. The highest BCUT2D eigenvalue weighted by atomic mass is 19.1. The predicted octanol–water partition coefficient (Wildman–Crippen LogP) is 1.26. The number of phenols is 1. The number of primary amides is 1. The van der Waals surface area contributed by atoms with Crippen LogP contribution in [0.2, 0.25) is 0 Å². The summed E-state index contributed by atoms with van der Waals surface area (Å²) in [5.74, 6) is -1.46. The monoisotopic (exact) mass is 280 g/mol. The molecule has 0 spiro atoms. The third kappa shape index (κ3) is 3.26. The summed E-state index contributed by atoms with van der Waals surface area (Å²) < 4.78 is 13.6. The minimum atomic E-state index is -0.728. The van der Waals surface area contributed by atoms with Crippen LogP contribution in [0.4, 0.5) is 4.39 Å². The van der Waals surface area contributed by atoms with Gasteiger partial charge in [0.15, 0.2) is 0 Å². The van der Waals surface area contributed by atoms with Crippen molar-refractivity contribution in [1.29, 1.82) is 0 Å². The number of phenolic OH excluding ortho intramolecular Hbond substituents is 1. The lowest BCUT2D eigenvalue weighted by molar-refractivity contribution is -0.119. The van der Waals surface area contributed by atoms with E-state index in [4.69, 9.17) is 10.8 Å². The molecule has 1 aromatic carbocycles. The highest BCUT2D eigenvalue weighted by Gasteiger charge is 2.26. The maximum Gasteiger partial charge on any atom is 0.256 e. The van der Waals surface area contributed by atoms with E-state index in [1.165, 1.54) is 12.1 Å². The van der Waals surface area contributed by atoms with Crippen molar-refractivity contribution < 1.29 is 19.1 Å². The molecule has 5 nitrogen and oxygen atoms in total. The first-order valence-corrected chi connectivity index (χ1v) is 6.53. The summed E-state index contributed by atoms with van der Waals surface area (Å²) in [5, 5.41) is 9.14. The molecular formula is C14H17FN2O3. The van der Waals surface area contributed by atoms with Gasteiger partial charge in [0.2, 0.25) is 5.91 Å². The molecule has 1 aliphatic rings. The van der Waals surface area contributed by atoms with Gasteiger partial charge in [-0.05, 0) is 30.9 Å². The molecule has 0 radical (unpaired) electrons. The van der Waals surface area contributed by atoms with Crippen molar-refractivity contribution in [2.75, 3.05) is 13.1 Å². The molecule has 2 amide bonds. The molecule has 0 bridgehead atoms. The number of carbonyl (C=O) groups excluding carboxylic acids is 2. The number of hydrogen-bond donors (Lipinski definition) is 2. The molecule has 2 rings (SSSR count). The molecule has 1 heterocycles. The van der Waals surface area contributed by atoms with E-state index in [0.717, 1.165) is 6.07 Å². The second kappa shape index (κ2) is 5.90. The minimum absolute atomic E-state index is 0.0452. The van der Waals surface area contributed by atoms with Gasteiger partial charge in [0, 0.05) is 25.6 Å². The van der Waals surface area contributed by atoms with Crippen LogP contribution >= 0.6 is 0 Å². The van der Waals surface area contributed by atoms with Crippen molar-refractivity contribution in [3.63, 3.8) is 0 Å². The van der Waals surface area contributed by atoms with E-state index in [0.29, 0.717) is 32.4 Å². The first-order valence-electron chi connectivity index (χ1n) is 6.53. The average molecular weight is 280 g/mol. The quantitative estimate of drug-likeness (QED) is 0.874. The first-order chi connectivity index (χ1) is 9.47. The zero-order chi connectivity index (χ0) is 14.7. The van der Waals surface area contributed by atoms with E-state index in [1.807, 2.05) is 0 Å². The highest BCUT2D eigenvalue weighted by molar-refractivity contribution is 5.94. The molecule has 1 fully saturated rings. The van der Waals surface area contributed by atoms with E-state index in [9.17, 15) is 14.0 Å². The number of piperidine rings is 1. The number of aromatic hydroxyl groups is 1. The average Bonchev–Trinajstić information content (AvgIpc) is 2.38. The number of rotatable bonds is 3. The van der Waals surface area contributed by atoms with Gasteiger partial charge in [-0.15, -0.1) is 0 Å². The Hall–Kier alpha value is -2.11. The summed E-state index contributed by atoms with van der Waals surface area (Å²) in [4.78, 5) is 24.6. The number of likely N-dealkylation sites (tertiary alicyclic amines) is 1. The van der Waals surface area contributed by atoms with Crippen LogP contribution in [0.15, 0.2) is 18.2 Å². The van der Waals surface area contributed by atoms with Gasteiger partial charge in [-0.1, -0.05) is 0 Å². The molecule has 1 saturated heterocycles. The van der Waals surface area contributed by atoms with Crippen molar-refractivity contribution in [1.82, 2.24) is 4.90 Å². The van der Waals surface area contributed by atoms with E-state index >= 15 is 0 Å². The van der Waals surface area contributed by atoms with Gasteiger partial charge in [0.05, 0.1) is 5.56 Å². The van der Waals surface area contributed by atoms with Crippen LogP contribution in [-0.2, 0) is 4.79 Å². The Labute approximate surface area is 116 Å². The van der Waals surface area contributed by atoms with Crippen LogP contribution in [0.25, 0.3) is 0 Å². The van der Waals surface area contributed by atoms with Crippen LogP contribution in [-0.4, -0.2) is 34.9 Å². The first kappa shape index (κ1) is 14.3. The maximum absolute atomic E-state index is 13.6. The fourth-order valence-electron chi connectivity index (χ4n) is 2.47. The van der Waals surface area contributed by atoms with Gasteiger partial charge in [0.1, 0.15) is 11.6 Å². The fourth-order valence-corrected chi connectivity index (χ4v) is 2.47. The maximum atomic E-state index is 13.6. The van der Waals surface area contributed by atoms with Gasteiger partial charge < -0.3 is 15.7 Å². The molecule has 20 heavy (non-hydrogen) atoms. The Morgan fingerprint density at radius 3 is 2.55 bits per heavy atom. The SMILES string of the molecule is NC(=O)CC1CCN(C(=O)c2ccc(O)cc2F)CC1. The number of carbonyl (C=O) groups is 2. The van der Waals surface area contributed by atoms with Crippen LogP contribution in [0.3, 0.4) is 0 Å². The number of amides is 2. The highest BCUT2D eigenvalue weighted by Crippen LogP contribution is 2.23. The Morgan fingerprint density at radius 2 is 2.00 bits per heavy atom. The van der Waals surface area contributed by atoms with Gasteiger partial charge in [-0.3, -0.25) is 9.59 Å². The smallest absolute Gasteiger partial charge is 0.256 e. The van der Waals surface area contributed by atoms with Crippen molar-refractivity contribution in [3.8, 4) is 5.75 Å². The van der Waals surface area contributed by atoms with Gasteiger partial charge in [-0.25, -0.2) is 4.39 Å². The van der Waals surface area contributed by atoms with E-state index in [2.05, 4.69) is 0 Å². The van der Waals surface area contributed by atoms with Crippen molar-refractivity contribution in [2.24, 2.45) is 11.7 Å². The summed E-state index contributed by atoms with van der Waals surface area (Å²) in [6.07, 6.45) is 1.71. The number of nitrogens with two attached hydrogens (primary N) is 1. The summed E-state index contributed by atoms with van der Waals surface area (Å²) in [5.41, 5.74) is 5.10. The lowest BCUT2D eigenvalue weighted by Gasteiger charge is -2.31. The van der Waals surface area contributed by atoms with Crippen molar-refractivity contribution in [2.45, 2.75) is 19.3 Å². The van der Waals surface area contributed by atoms with Crippen molar-refractivity contribution in [3.05, 3.63) is 29.6 Å². The van der Waals surface area contributed by atoms with Crippen LogP contribution in [0, 0.1) is 11.7 Å². The second-order valence-corrected chi connectivity index (χ2v) is 5.07. The Balaban J connectivity index is 1.99. The van der Waals surface area contributed by atoms with Gasteiger partial charge in [0.25, 0.3) is 5.91 Å². The molecule has 0 atom stereocenters. The molecule has 0 saturated carbocycles. The Kier molecular flexibility index (Phi) is 4.22. The Morgan fingerprint density at radius 1 is 1.35 bits per heavy atom. The normalized spacial score (nSPS) is 16.1. The molecule has 1 aliphatic heterocycles. The number of hydrogen-bond acceptors (Lipinski definition) is 3. The number of benzene rings is 1. The van der Waals surface area contributed by atoms with Gasteiger partial charge >= 0.3 is 0 Å². The lowest BCUT2D eigenvalue weighted by Crippen LogP contribution is -2.39. The van der Waals surface area contributed by atoms with Crippen LogP contribution < -0.4 is 5.73 Å². The third-order valence-electron chi connectivity index (χ3n) is 3.57. The van der Waals surface area contributed by atoms with Crippen molar-refractivity contribution >= 4 is 11.8 Å². The zero-order valence-corrected chi connectivity index (χ0v) is 11.0. The second-order valence-electron chi connectivity index (χ2n) is 5.07. The third-order valence-corrected chi connectivity index (χ3v) is 3.57. The predicted molar refractivity (Wildman–Crippen MR) is 70.5 cm³/mol. The summed E-state index contributed by atoms with van der Waals surface area (Å²) in [6.45, 7) is 0.966. The molecule has 6 heteroatoms. The van der Waals surface area contributed by atoms with Crippen LogP contribution in [0.1, 0.15) is 29.6 Å². The molecule has 1 aromatic rings. The van der Waals surface area contributed by atoms with Gasteiger partial charge in [-0.2, -0.15) is 0 Å². The molecule has 108 valence electrons. The standard InChI is InChI=1S/C14H17FN2O3/c15-12-8-10(18)1-2-11(12)14(20)17-5-3-9(4-6-17)7-13(16)19/h1-2,8-9,18H,3-7H2,(H2,16,19). The molecule has 0 aromatic heterocycles. The van der Waals surface area contributed by atoms with E-state index < -0.39 is 5.82 Å². The van der Waals surface area contributed by atoms with Crippen LogP contribution in [0.5, 0.6) is 5.75 Å². The van der Waals surface area contributed by atoms with E-state index in [1.54, 1.807) is 4.90 Å². The lowest BCUT2D eigenvalue weighted by atomic mass is 9.93. The molecule has 0 unspecified atom stereocenters. The summed E-state index contributed by atoms with van der Waals surface area (Å²) in [7, 11) is 0. The molecular weight excluding hydrogens is 263 g/mol. The Bertz CT molecular complexity index is 525. The number of nitrogens with zero attached hydrogens (tertiary/aromatic N) is 1. The molecule has 3 N–H and O–H groups in total. The summed E-state index contributed by atoms with van der Waals surface area (Å²) >= 11 is 0. The van der Waals surface area contributed by atoms with E-state index in [-0.39, 0.29) is 29.0 Å². The zero-order valence-electron chi connectivity index (χ0n) is 11.0. The largest absolute Gasteiger partial charge is 0.508 e. The topological polar surface area (TPSA) is 83.6 Å². The number of halogens is 1. The molecule has 0 aliphatic carbocycles.